The van der Waals surface area contributed by atoms with Crippen molar-refractivity contribution >= 4 is 28.9 Å². The molecule has 1 aromatic rings. The first kappa shape index (κ1) is 12.4. The summed E-state index contributed by atoms with van der Waals surface area (Å²) in [5.41, 5.74) is -0.0997. The molecular weight excluding hydrogens is 239 g/mol. The van der Waals surface area contributed by atoms with Crippen molar-refractivity contribution in [3.05, 3.63) is 27.9 Å². The third kappa shape index (κ3) is 2.66. The molecular formula is C9H8ClFN2O3. The summed E-state index contributed by atoms with van der Waals surface area (Å²) in [6.07, 6.45) is 0. The molecule has 0 radical (unpaired) electrons. The predicted octanol–water partition coefficient (Wildman–Crippen LogP) is 2.46. The smallest absolute Gasteiger partial charge is 0.325 e. The number of hydrogen-bond acceptors (Lipinski definition) is 5. The minimum absolute atomic E-state index is 0.0259. The SMILES string of the molecule is COC(=O)CNc1c(N=O)ccc(F)c1Cl. The van der Waals surface area contributed by atoms with Crippen molar-refractivity contribution in [2.24, 2.45) is 5.18 Å². The van der Waals surface area contributed by atoms with Crippen LogP contribution in [0.3, 0.4) is 0 Å². The fourth-order valence-corrected chi connectivity index (χ4v) is 1.24. The van der Waals surface area contributed by atoms with Crippen LogP contribution in [0.15, 0.2) is 17.3 Å². The first-order valence-electron chi connectivity index (χ1n) is 4.22. The predicted molar refractivity (Wildman–Crippen MR) is 57.4 cm³/mol. The molecule has 0 fully saturated rings. The van der Waals surface area contributed by atoms with E-state index in [-0.39, 0.29) is 22.9 Å². The number of anilines is 1. The fourth-order valence-electron chi connectivity index (χ4n) is 1.02. The Morgan fingerprint density at radius 3 is 2.88 bits per heavy atom. The molecule has 0 spiro atoms. The molecule has 5 nitrogen and oxygen atoms in total. The van der Waals surface area contributed by atoms with Gasteiger partial charge in [0.25, 0.3) is 0 Å². The molecule has 0 heterocycles. The molecule has 0 saturated heterocycles. The number of nitroso groups, excluding NO2 is 1. The molecule has 0 unspecified atom stereocenters. The molecule has 0 aliphatic rings. The molecule has 0 aliphatic heterocycles. The summed E-state index contributed by atoms with van der Waals surface area (Å²) < 4.78 is 17.4. The van der Waals surface area contributed by atoms with E-state index in [1.807, 2.05) is 0 Å². The van der Waals surface area contributed by atoms with Crippen LogP contribution in [0.2, 0.25) is 5.02 Å². The molecule has 86 valence electrons. The lowest BCUT2D eigenvalue weighted by molar-refractivity contribution is -0.138. The number of benzene rings is 1. The largest absolute Gasteiger partial charge is 0.468 e. The molecule has 7 heteroatoms. The van der Waals surface area contributed by atoms with Gasteiger partial charge in [-0.05, 0) is 17.3 Å². The lowest BCUT2D eigenvalue weighted by Crippen LogP contribution is -2.15. The Labute approximate surface area is 95.5 Å². The number of halogens is 2. The average Bonchev–Trinajstić information content (AvgIpc) is 2.30. The number of nitrogens with one attached hydrogen (secondary N) is 1. The van der Waals surface area contributed by atoms with E-state index in [0.717, 1.165) is 12.1 Å². The second-order valence-corrected chi connectivity index (χ2v) is 3.15. The number of carbonyl (C=O) groups excluding carboxylic acids is 1. The fraction of sp³-hybridized carbons (Fsp3) is 0.222. The Hall–Kier alpha value is -1.69. The highest BCUT2D eigenvalue weighted by Crippen LogP contribution is 2.34. The van der Waals surface area contributed by atoms with E-state index in [1.54, 1.807) is 0 Å². The van der Waals surface area contributed by atoms with Gasteiger partial charge in [0.15, 0.2) is 0 Å². The summed E-state index contributed by atoms with van der Waals surface area (Å²) in [5.74, 6) is -1.28. The molecule has 1 aromatic carbocycles. The van der Waals surface area contributed by atoms with Gasteiger partial charge >= 0.3 is 5.97 Å². The van der Waals surface area contributed by atoms with Crippen molar-refractivity contribution in [1.29, 1.82) is 0 Å². The Bertz CT molecular complexity index is 425. The van der Waals surface area contributed by atoms with E-state index in [2.05, 4.69) is 15.2 Å². The Balaban J connectivity index is 2.96. The van der Waals surface area contributed by atoms with E-state index in [1.165, 1.54) is 7.11 Å². The van der Waals surface area contributed by atoms with Crippen LogP contribution >= 0.6 is 11.6 Å². The quantitative estimate of drug-likeness (QED) is 0.655. The second kappa shape index (κ2) is 5.41. The topological polar surface area (TPSA) is 67.8 Å². The number of rotatable bonds is 4. The maximum Gasteiger partial charge on any atom is 0.325 e. The maximum absolute atomic E-state index is 13.1. The molecule has 0 saturated carbocycles. The normalized spacial score (nSPS) is 9.69. The lowest BCUT2D eigenvalue weighted by atomic mass is 10.2. The molecule has 0 aromatic heterocycles. The summed E-state index contributed by atoms with van der Waals surface area (Å²) in [5, 5.41) is 4.85. The van der Waals surface area contributed by atoms with Gasteiger partial charge in [-0.3, -0.25) is 4.79 Å². The summed E-state index contributed by atoms with van der Waals surface area (Å²) in [7, 11) is 1.20. The summed E-state index contributed by atoms with van der Waals surface area (Å²) in [6.45, 7) is -0.234. The highest BCUT2D eigenvalue weighted by atomic mass is 35.5. The van der Waals surface area contributed by atoms with Crippen molar-refractivity contribution < 1.29 is 13.9 Å². The highest BCUT2D eigenvalue weighted by molar-refractivity contribution is 6.34. The van der Waals surface area contributed by atoms with Crippen molar-refractivity contribution in [1.82, 2.24) is 0 Å². The molecule has 0 aliphatic carbocycles. The Morgan fingerprint density at radius 2 is 2.31 bits per heavy atom. The molecule has 0 atom stereocenters. The van der Waals surface area contributed by atoms with Crippen LogP contribution in [-0.4, -0.2) is 19.6 Å². The second-order valence-electron chi connectivity index (χ2n) is 2.78. The van der Waals surface area contributed by atoms with Gasteiger partial charge in [-0.25, -0.2) is 4.39 Å². The van der Waals surface area contributed by atoms with Crippen LogP contribution in [0.4, 0.5) is 15.8 Å². The number of ether oxygens (including phenoxy) is 1. The van der Waals surface area contributed by atoms with Crippen LogP contribution in [-0.2, 0) is 9.53 Å². The van der Waals surface area contributed by atoms with Gasteiger partial charge in [-0.2, -0.15) is 0 Å². The van der Waals surface area contributed by atoms with Gasteiger partial charge in [0.1, 0.15) is 23.1 Å². The maximum atomic E-state index is 13.1. The van der Waals surface area contributed by atoms with E-state index in [4.69, 9.17) is 11.6 Å². The van der Waals surface area contributed by atoms with E-state index >= 15 is 0 Å². The van der Waals surface area contributed by atoms with Crippen LogP contribution < -0.4 is 5.32 Å². The first-order valence-corrected chi connectivity index (χ1v) is 4.60. The van der Waals surface area contributed by atoms with Crippen LogP contribution in [0.1, 0.15) is 0 Å². The monoisotopic (exact) mass is 246 g/mol. The minimum Gasteiger partial charge on any atom is -0.468 e. The van der Waals surface area contributed by atoms with Gasteiger partial charge in [-0.1, -0.05) is 11.6 Å². The third-order valence-electron chi connectivity index (χ3n) is 1.81. The van der Waals surface area contributed by atoms with E-state index in [0.29, 0.717) is 0 Å². The molecule has 0 bridgehead atoms. The van der Waals surface area contributed by atoms with E-state index in [9.17, 15) is 14.1 Å². The van der Waals surface area contributed by atoms with Gasteiger partial charge in [0.05, 0.1) is 12.8 Å². The lowest BCUT2D eigenvalue weighted by Gasteiger charge is -2.09. The van der Waals surface area contributed by atoms with Crippen LogP contribution in [0.25, 0.3) is 0 Å². The third-order valence-corrected chi connectivity index (χ3v) is 2.18. The van der Waals surface area contributed by atoms with Crippen molar-refractivity contribution in [3.8, 4) is 0 Å². The number of carbonyl (C=O) groups is 1. The van der Waals surface area contributed by atoms with Crippen molar-refractivity contribution in [2.45, 2.75) is 0 Å². The molecule has 1 N–H and O–H groups in total. The minimum atomic E-state index is -0.707. The summed E-state index contributed by atoms with van der Waals surface area (Å²) in [4.78, 5) is 21.3. The zero-order valence-electron chi connectivity index (χ0n) is 8.29. The van der Waals surface area contributed by atoms with Gasteiger partial charge in [-0.15, -0.1) is 4.91 Å². The van der Waals surface area contributed by atoms with Crippen LogP contribution in [0, 0.1) is 10.7 Å². The first-order chi connectivity index (χ1) is 7.60. The highest BCUT2D eigenvalue weighted by Gasteiger charge is 2.13. The zero-order valence-corrected chi connectivity index (χ0v) is 9.05. The number of methoxy groups -OCH3 is 1. The van der Waals surface area contributed by atoms with E-state index < -0.39 is 11.8 Å². The molecule has 0 amide bonds. The number of nitrogens with zero attached hydrogens (tertiary/aromatic N) is 1. The van der Waals surface area contributed by atoms with Crippen molar-refractivity contribution in [2.75, 3.05) is 19.0 Å². The Morgan fingerprint density at radius 1 is 1.62 bits per heavy atom. The standard InChI is InChI=1S/C9H8ClFN2O3/c1-16-7(14)4-12-9-6(13-15)3-2-5(11)8(9)10/h2-3,12H,4H2,1H3. The molecule has 1 rings (SSSR count). The summed E-state index contributed by atoms with van der Waals surface area (Å²) >= 11 is 5.62. The van der Waals surface area contributed by atoms with Gasteiger partial charge < -0.3 is 10.1 Å². The number of hydrogen-bond donors (Lipinski definition) is 1. The average molecular weight is 247 g/mol. The molecule has 16 heavy (non-hydrogen) atoms. The zero-order chi connectivity index (χ0) is 12.1. The Kier molecular flexibility index (Phi) is 4.19. The van der Waals surface area contributed by atoms with Gasteiger partial charge in [0, 0.05) is 0 Å². The van der Waals surface area contributed by atoms with Gasteiger partial charge in [0.2, 0.25) is 0 Å². The van der Waals surface area contributed by atoms with Crippen molar-refractivity contribution in [3.63, 3.8) is 0 Å². The summed E-state index contributed by atoms with van der Waals surface area (Å²) in [6, 6.07) is 2.18. The van der Waals surface area contributed by atoms with Crippen LogP contribution in [0.5, 0.6) is 0 Å². The number of esters is 1.